The molecule has 0 aliphatic carbocycles. The molecule has 6 nitrogen and oxygen atoms in total. The van der Waals surface area contributed by atoms with E-state index in [-0.39, 0.29) is 12.7 Å². The summed E-state index contributed by atoms with van der Waals surface area (Å²) < 4.78 is 10.7. The second-order valence-corrected chi connectivity index (χ2v) is 7.79. The Labute approximate surface area is 184 Å². The fourth-order valence-corrected chi connectivity index (χ4v) is 4.00. The molecule has 0 atom stereocenters. The van der Waals surface area contributed by atoms with Crippen molar-refractivity contribution in [2.75, 3.05) is 12.1 Å². The van der Waals surface area contributed by atoms with Crippen LogP contribution in [0.1, 0.15) is 18.4 Å². The van der Waals surface area contributed by atoms with Crippen molar-refractivity contribution in [1.29, 1.82) is 0 Å². The van der Waals surface area contributed by atoms with Gasteiger partial charge in [0.1, 0.15) is 0 Å². The predicted octanol–water partition coefficient (Wildman–Crippen LogP) is 5.57. The van der Waals surface area contributed by atoms with E-state index in [1.807, 2.05) is 42.5 Å². The molecule has 0 fully saturated rings. The minimum Gasteiger partial charge on any atom is -0.454 e. The van der Waals surface area contributed by atoms with Gasteiger partial charge in [-0.2, -0.15) is 0 Å². The van der Waals surface area contributed by atoms with Gasteiger partial charge in [0.25, 0.3) is 0 Å². The first-order valence-electron chi connectivity index (χ1n) is 10.1. The number of benzene rings is 2. The van der Waals surface area contributed by atoms with Crippen LogP contribution in [0.15, 0.2) is 60.8 Å². The summed E-state index contributed by atoms with van der Waals surface area (Å²) in [4.78, 5) is 20.4. The average Bonchev–Trinajstić information content (AvgIpc) is 3.38. The number of nitrogens with one attached hydrogen (secondary N) is 2. The molecule has 2 N–H and O–H groups in total. The Balaban J connectivity index is 1.31. The Morgan fingerprint density at radius 2 is 2.00 bits per heavy atom. The van der Waals surface area contributed by atoms with Crippen LogP contribution >= 0.6 is 11.6 Å². The van der Waals surface area contributed by atoms with Gasteiger partial charge in [0.2, 0.25) is 12.7 Å². The molecule has 0 saturated carbocycles. The van der Waals surface area contributed by atoms with Gasteiger partial charge in [0, 0.05) is 40.3 Å². The van der Waals surface area contributed by atoms with Crippen LogP contribution in [0.25, 0.3) is 22.3 Å². The van der Waals surface area contributed by atoms with E-state index < -0.39 is 0 Å². The SMILES string of the molecule is O=C(CCCc1c(-c2ccccn2)[nH]c2ccc(Cl)cc12)Nc1ccc2c(c1)OCO2. The molecule has 5 rings (SSSR count). The normalized spacial score (nSPS) is 12.3. The molecule has 0 bridgehead atoms. The fraction of sp³-hybridized carbons (Fsp3) is 0.167. The van der Waals surface area contributed by atoms with Gasteiger partial charge in [-0.3, -0.25) is 9.78 Å². The van der Waals surface area contributed by atoms with Crippen molar-refractivity contribution in [2.45, 2.75) is 19.3 Å². The van der Waals surface area contributed by atoms with Gasteiger partial charge in [-0.05, 0) is 60.9 Å². The number of aryl methyl sites for hydroxylation is 1. The number of halogens is 1. The minimum atomic E-state index is -0.0453. The van der Waals surface area contributed by atoms with Crippen LogP contribution in [0, 0.1) is 0 Å². The lowest BCUT2D eigenvalue weighted by molar-refractivity contribution is -0.116. The van der Waals surface area contributed by atoms with E-state index in [4.69, 9.17) is 21.1 Å². The van der Waals surface area contributed by atoms with Crippen LogP contribution in [0.3, 0.4) is 0 Å². The smallest absolute Gasteiger partial charge is 0.231 e. The molecule has 0 saturated heterocycles. The van der Waals surface area contributed by atoms with Gasteiger partial charge in [0.05, 0.1) is 11.4 Å². The Hall–Kier alpha value is -3.51. The number of aromatic amines is 1. The molecule has 0 radical (unpaired) electrons. The van der Waals surface area contributed by atoms with Gasteiger partial charge in [0.15, 0.2) is 11.5 Å². The molecule has 2 aromatic carbocycles. The van der Waals surface area contributed by atoms with Gasteiger partial charge in [-0.15, -0.1) is 0 Å². The quantitative estimate of drug-likeness (QED) is 0.416. The Morgan fingerprint density at radius 1 is 1.10 bits per heavy atom. The second kappa shape index (κ2) is 8.32. The summed E-state index contributed by atoms with van der Waals surface area (Å²) in [5.74, 6) is 1.29. The second-order valence-electron chi connectivity index (χ2n) is 7.35. The van der Waals surface area contributed by atoms with E-state index in [2.05, 4.69) is 15.3 Å². The number of fused-ring (bicyclic) bond motifs is 2. The molecule has 0 unspecified atom stereocenters. The number of anilines is 1. The number of amides is 1. The maximum atomic E-state index is 12.5. The maximum Gasteiger partial charge on any atom is 0.231 e. The third kappa shape index (κ3) is 4.07. The van der Waals surface area contributed by atoms with E-state index >= 15 is 0 Å². The summed E-state index contributed by atoms with van der Waals surface area (Å²) in [5.41, 5.74) is 4.66. The Morgan fingerprint density at radius 3 is 2.87 bits per heavy atom. The summed E-state index contributed by atoms with van der Waals surface area (Å²) >= 11 is 6.25. The number of hydrogen-bond acceptors (Lipinski definition) is 4. The molecule has 1 aliphatic heterocycles. The van der Waals surface area contributed by atoms with Crippen LogP contribution in [-0.4, -0.2) is 22.7 Å². The van der Waals surface area contributed by atoms with Crippen molar-refractivity contribution < 1.29 is 14.3 Å². The highest BCUT2D eigenvalue weighted by Gasteiger charge is 2.16. The fourth-order valence-electron chi connectivity index (χ4n) is 3.83. The Bertz CT molecular complexity index is 1250. The Kier molecular flexibility index (Phi) is 5.22. The summed E-state index contributed by atoms with van der Waals surface area (Å²) in [6.07, 6.45) is 3.58. The van der Waals surface area contributed by atoms with Crippen molar-refractivity contribution in [3.05, 3.63) is 71.4 Å². The lowest BCUT2D eigenvalue weighted by Gasteiger charge is -2.07. The van der Waals surface area contributed by atoms with Gasteiger partial charge >= 0.3 is 0 Å². The third-order valence-corrected chi connectivity index (χ3v) is 5.51. The van der Waals surface area contributed by atoms with Crippen LogP contribution < -0.4 is 14.8 Å². The topological polar surface area (TPSA) is 76.2 Å². The molecule has 2 aromatic heterocycles. The third-order valence-electron chi connectivity index (χ3n) is 5.28. The lowest BCUT2D eigenvalue weighted by Crippen LogP contribution is -2.11. The molecule has 1 aliphatic rings. The van der Waals surface area contributed by atoms with Crippen LogP contribution in [0.4, 0.5) is 5.69 Å². The average molecular weight is 434 g/mol. The van der Waals surface area contributed by atoms with E-state index in [9.17, 15) is 4.79 Å². The number of H-pyrrole nitrogens is 1. The zero-order chi connectivity index (χ0) is 21.2. The van der Waals surface area contributed by atoms with Crippen molar-refractivity contribution >= 4 is 34.1 Å². The van der Waals surface area contributed by atoms with Crippen LogP contribution in [0.2, 0.25) is 5.02 Å². The highest BCUT2D eigenvalue weighted by atomic mass is 35.5. The van der Waals surface area contributed by atoms with Gasteiger partial charge in [-0.25, -0.2) is 0 Å². The molecule has 7 heteroatoms. The molecule has 1 amide bonds. The standard InChI is InChI=1S/C24H20ClN3O3/c25-15-7-9-19-18(12-15)17(24(28-19)20-5-1-2-11-26-20)4-3-6-23(29)27-16-8-10-21-22(13-16)31-14-30-21/h1-2,5,7-13,28H,3-4,6,14H2,(H,27,29). The zero-order valence-electron chi connectivity index (χ0n) is 16.7. The summed E-state index contributed by atoms with van der Waals surface area (Å²) in [7, 11) is 0. The van der Waals surface area contributed by atoms with E-state index in [1.165, 1.54) is 0 Å². The molecule has 0 spiro atoms. The largest absolute Gasteiger partial charge is 0.454 e. The van der Waals surface area contributed by atoms with Gasteiger partial charge < -0.3 is 19.8 Å². The van der Waals surface area contributed by atoms with Crippen LogP contribution in [0.5, 0.6) is 11.5 Å². The first-order valence-corrected chi connectivity index (χ1v) is 10.5. The molecule has 4 aromatic rings. The molecular weight excluding hydrogens is 414 g/mol. The van der Waals surface area contributed by atoms with E-state index in [1.54, 1.807) is 18.3 Å². The van der Waals surface area contributed by atoms with Crippen molar-refractivity contribution in [3.8, 4) is 22.9 Å². The minimum absolute atomic E-state index is 0.0453. The predicted molar refractivity (Wildman–Crippen MR) is 121 cm³/mol. The van der Waals surface area contributed by atoms with Crippen LogP contribution in [-0.2, 0) is 11.2 Å². The maximum absolute atomic E-state index is 12.5. The molecule has 3 heterocycles. The summed E-state index contributed by atoms with van der Waals surface area (Å²) in [6, 6.07) is 17.0. The zero-order valence-corrected chi connectivity index (χ0v) is 17.4. The number of nitrogens with zero attached hydrogens (tertiary/aromatic N) is 1. The number of hydrogen-bond donors (Lipinski definition) is 2. The summed E-state index contributed by atoms with van der Waals surface area (Å²) in [6.45, 7) is 0.208. The lowest BCUT2D eigenvalue weighted by atomic mass is 10.0. The van der Waals surface area contributed by atoms with E-state index in [0.29, 0.717) is 35.1 Å². The first kappa shape index (κ1) is 19.5. The number of aromatic nitrogens is 2. The van der Waals surface area contributed by atoms with Gasteiger partial charge in [-0.1, -0.05) is 17.7 Å². The van der Waals surface area contributed by atoms with Crippen molar-refractivity contribution in [3.63, 3.8) is 0 Å². The molecular formula is C24H20ClN3O3. The number of rotatable bonds is 6. The first-order chi connectivity index (χ1) is 15.2. The number of pyridine rings is 1. The monoisotopic (exact) mass is 433 g/mol. The molecule has 31 heavy (non-hydrogen) atoms. The number of ether oxygens (including phenoxy) is 2. The van der Waals surface area contributed by atoms with Crippen molar-refractivity contribution in [1.82, 2.24) is 9.97 Å². The summed E-state index contributed by atoms with van der Waals surface area (Å²) in [5, 5.41) is 4.67. The number of carbonyl (C=O) groups is 1. The number of carbonyl (C=O) groups excluding carboxylic acids is 1. The van der Waals surface area contributed by atoms with E-state index in [0.717, 1.165) is 34.3 Å². The molecule has 156 valence electrons. The highest BCUT2D eigenvalue weighted by molar-refractivity contribution is 6.31. The van der Waals surface area contributed by atoms with Crippen molar-refractivity contribution in [2.24, 2.45) is 0 Å². The highest BCUT2D eigenvalue weighted by Crippen LogP contribution is 2.35.